The second kappa shape index (κ2) is 5.23. The van der Waals surface area contributed by atoms with Crippen LogP contribution in [0.3, 0.4) is 0 Å². The van der Waals surface area contributed by atoms with E-state index >= 15 is 0 Å². The molecule has 1 heterocycles. The van der Waals surface area contributed by atoms with Gasteiger partial charge in [-0.1, -0.05) is 18.2 Å². The monoisotopic (exact) mass is 244 g/mol. The molecule has 0 amide bonds. The number of nitrogens with two attached hydrogens (primary N) is 1. The number of aryl methyl sites for hydroxylation is 2. The molecular weight excluding hydrogens is 224 g/mol. The summed E-state index contributed by atoms with van der Waals surface area (Å²) in [6.45, 7) is 5.54. The number of rotatable bonds is 4. The Balaban J connectivity index is 2.52. The summed E-state index contributed by atoms with van der Waals surface area (Å²) in [5.74, 6) is 1.09. The molecule has 2 aromatic rings. The van der Waals surface area contributed by atoms with E-state index < -0.39 is 0 Å². The summed E-state index contributed by atoms with van der Waals surface area (Å²) in [7, 11) is 1.97. The van der Waals surface area contributed by atoms with E-state index in [1.807, 2.05) is 36.9 Å². The molecule has 0 aliphatic carbocycles. The maximum absolute atomic E-state index is 5.86. The summed E-state index contributed by atoms with van der Waals surface area (Å²) in [6.07, 6.45) is 0. The molecule has 1 aromatic carbocycles. The van der Waals surface area contributed by atoms with Crippen molar-refractivity contribution in [1.82, 2.24) is 9.78 Å². The molecule has 0 spiro atoms. The Labute approximate surface area is 108 Å². The molecule has 0 saturated carbocycles. The van der Waals surface area contributed by atoms with E-state index in [9.17, 15) is 0 Å². The molecule has 0 fully saturated rings. The highest BCUT2D eigenvalue weighted by molar-refractivity contribution is 5.64. The third kappa shape index (κ3) is 2.11. The van der Waals surface area contributed by atoms with Crippen LogP contribution in [0.2, 0.25) is 0 Å². The highest BCUT2D eigenvalue weighted by Crippen LogP contribution is 2.29. The quantitative estimate of drug-likeness (QED) is 0.898. The van der Waals surface area contributed by atoms with E-state index in [1.54, 1.807) is 0 Å². The van der Waals surface area contributed by atoms with Crippen molar-refractivity contribution in [2.24, 2.45) is 12.8 Å². The Kier molecular flexibility index (Phi) is 3.67. The van der Waals surface area contributed by atoms with Gasteiger partial charge in [0.15, 0.2) is 0 Å². The maximum Gasteiger partial charge on any atom is 0.135 e. The minimum absolute atomic E-state index is 0.512. The Morgan fingerprint density at radius 2 is 1.94 bits per heavy atom. The number of anilines is 2. The van der Waals surface area contributed by atoms with Gasteiger partial charge in [-0.05, 0) is 26.0 Å². The second-order valence-electron chi connectivity index (χ2n) is 4.30. The Bertz CT molecular complexity index is 516. The van der Waals surface area contributed by atoms with Gasteiger partial charge in [-0.15, -0.1) is 0 Å². The van der Waals surface area contributed by atoms with E-state index in [0.29, 0.717) is 6.54 Å². The van der Waals surface area contributed by atoms with E-state index in [4.69, 9.17) is 5.73 Å². The maximum atomic E-state index is 5.86. The lowest BCUT2D eigenvalue weighted by Gasteiger charge is -2.24. The van der Waals surface area contributed by atoms with Gasteiger partial charge >= 0.3 is 0 Å². The lowest BCUT2D eigenvalue weighted by Crippen LogP contribution is -2.21. The number of aromatic nitrogens is 2. The average molecular weight is 244 g/mol. The van der Waals surface area contributed by atoms with Gasteiger partial charge in [-0.25, -0.2) is 0 Å². The number of benzene rings is 1. The normalized spacial score (nSPS) is 10.7. The first-order chi connectivity index (χ1) is 8.69. The molecule has 2 rings (SSSR count). The molecule has 18 heavy (non-hydrogen) atoms. The third-order valence-corrected chi connectivity index (χ3v) is 3.16. The molecule has 4 nitrogen and oxygen atoms in total. The van der Waals surface area contributed by atoms with Crippen LogP contribution < -0.4 is 10.6 Å². The number of para-hydroxylation sites is 1. The van der Waals surface area contributed by atoms with Crippen molar-refractivity contribution in [3.05, 3.63) is 41.6 Å². The minimum Gasteiger partial charge on any atom is -0.327 e. The van der Waals surface area contributed by atoms with Crippen LogP contribution in [0.1, 0.15) is 18.2 Å². The summed E-state index contributed by atoms with van der Waals surface area (Å²) < 4.78 is 1.91. The molecule has 0 aliphatic heterocycles. The van der Waals surface area contributed by atoms with Gasteiger partial charge < -0.3 is 10.6 Å². The fourth-order valence-electron chi connectivity index (χ4n) is 2.33. The van der Waals surface area contributed by atoms with Gasteiger partial charge in [-0.2, -0.15) is 5.10 Å². The van der Waals surface area contributed by atoms with Crippen molar-refractivity contribution in [3.63, 3.8) is 0 Å². The van der Waals surface area contributed by atoms with Crippen LogP contribution >= 0.6 is 0 Å². The molecule has 0 bridgehead atoms. The largest absolute Gasteiger partial charge is 0.327 e. The highest BCUT2D eigenvalue weighted by Gasteiger charge is 2.18. The molecule has 2 N–H and O–H groups in total. The van der Waals surface area contributed by atoms with E-state index in [0.717, 1.165) is 29.3 Å². The second-order valence-corrected chi connectivity index (χ2v) is 4.30. The molecule has 0 radical (unpaired) electrons. The average Bonchev–Trinajstić information content (AvgIpc) is 2.66. The predicted octanol–water partition coefficient (Wildman–Crippen LogP) is 2.35. The Morgan fingerprint density at radius 1 is 1.28 bits per heavy atom. The van der Waals surface area contributed by atoms with Gasteiger partial charge in [-0.3, -0.25) is 4.68 Å². The van der Waals surface area contributed by atoms with Gasteiger partial charge in [0.25, 0.3) is 0 Å². The molecular formula is C14H20N4. The van der Waals surface area contributed by atoms with Crippen molar-refractivity contribution < 1.29 is 0 Å². The Morgan fingerprint density at radius 3 is 2.50 bits per heavy atom. The predicted molar refractivity (Wildman–Crippen MR) is 75.0 cm³/mol. The van der Waals surface area contributed by atoms with Crippen molar-refractivity contribution >= 4 is 11.5 Å². The summed E-state index contributed by atoms with van der Waals surface area (Å²) in [5.41, 5.74) is 9.14. The fraction of sp³-hybridized carbons (Fsp3) is 0.357. The molecule has 0 unspecified atom stereocenters. The highest BCUT2D eigenvalue weighted by atomic mass is 15.4. The number of nitrogens with zero attached hydrogens (tertiary/aromatic N) is 3. The summed E-state index contributed by atoms with van der Waals surface area (Å²) in [6, 6.07) is 10.3. The first kappa shape index (κ1) is 12.6. The van der Waals surface area contributed by atoms with Gasteiger partial charge in [0.05, 0.1) is 5.69 Å². The van der Waals surface area contributed by atoms with Gasteiger partial charge in [0.2, 0.25) is 0 Å². The fourth-order valence-corrected chi connectivity index (χ4v) is 2.33. The minimum atomic E-state index is 0.512. The zero-order chi connectivity index (χ0) is 13.1. The molecule has 4 heteroatoms. The number of hydrogen-bond acceptors (Lipinski definition) is 3. The van der Waals surface area contributed by atoms with E-state index in [1.165, 1.54) is 0 Å². The summed E-state index contributed by atoms with van der Waals surface area (Å²) in [4.78, 5) is 2.24. The van der Waals surface area contributed by atoms with Crippen LogP contribution in [-0.4, -0.2) is 16.3 Å². The standard InChI is InChI=1S/C14H20N4/c1-4-18(12-8-6-5-7-9-12)14-13(10-15)11(2)16-17(14)3/h5-9H,4,10,15H2,1-3H3. The van der Waals surface area contributed by atoms with Crippen LogP contribution in [-0.2, 0) is 13.6 Å². The van der Waals surface area contributed by atoms with Crippen LogP contribution in [0.25, 0.3) is 0 Å². The van der Waals surface area contributed by atoms with Crippen LogP contribution in [0.5, 0.6) is 0 Å². The summed E-state index contributed by atoms with van der Waals surface area (Å²) in [5, 5.41) is 4.47. The molecule has 0 aliphatic rings. The van der Waals surface area contributed by atoms with Gasteiger partial charge in [0, 0.05) is 31.4 Å². The first-order valence-electron chi connectivity index (χ1n) is 6.24. The van der Waals surface area contributed by atoms with Gasteiger partial charge in [0.1, 0.15) is 5.82 Å². The van der Waals surface area contributed by atoms with E-state index in [2.05, 4.69) is 29.1 Å². The SMILES string of the molecule is CCN(c1ccccc1)c1c(CN)c(C)nn1C. The lowest BCUT2D eigenvalue weighted by atomic mass is 10.2. The third-order valence-electron chi connectivity index (χ3n) is 3.16. The number of hydrogen-bond donors (Lipinski definition) is 1. The molecule has 0 atom stereocenters. The van der Waals surface area contributed by atoms with E-state index in [-0.39, 0.29) is 0 Å². The Hall–Kier alpha value is -1.81. The lowest BCUT2D eigenvalue weighted by molar-refractivity contribution is 0.741. The topological polar surface area (TPSA) is 47.1 Å². The van der Waals surface area contributed by atoms with Crippen LogP contribution in [0.15, 0.2) is 30.3 Å². The first-order valence-corrected chi connectivity index (χ1v) is 6.24. The zero-order valence-electron chi connectivity index (χ0n) is 11.2. The molecule has 1 aromatic heterocycles. The molecule has 0 saturated heterocycles. The zero-order valence-corrected chi connectivity index (χ0v) is 11.2. The van der Waals surface area contributed by atoms with Crippen molar-refractivity contribution in [1.29, 1.82) is 0 Å². The smallest absolute Gasteiger partial charge is 0.135 e. The van der Waals surface area contributed by atoms with Crippen LogP contribution in [0.4, 0.5) is 11.5 Å². The summed E-state index contributed by atoms with van der Waals surface area (Å²) >= 11 is 0. The van der Waals surface area contributed by atoms with Crippen molar-refractivity contribution in [2.75, 3.05) is 11.4 Å². The van der Waals surface area contributed by atoms with Crippen molar-refractivity contribution in [3.8, 4) is 0 Å². The molecule has 96 valence electrons. The van der Waals surface area contributed by atoms with Crippen LogP contribution in [0, 0.1) is 6.92 Å². The van der Waals surface area contributed by atoms with Crippen molar-refractivity contribution in [2.45, 2.75) is 20.4 Å².